The van der Waals surface area contributed by atoms with Crippen LogP contribution in [0, 0.1) is 0 Å². The van der Waals surface area contributed by atoms with Crippen LogP contribution in [0.5, 0.6) is 0 Å². The molecule has 0 aromatic carbocycles. The first-order valence-corrected chi connectivity index (χ1v) is 5.54. The van der Waals surface area contributed by atoms with Gasteiger partial charge in [-0.05, 0) is 0 Å². The van der Waals surface area contributed by atoms with E-state index >= 15 is 0 Å². The van der Waals surface area contributed by atoms with Crippen molar-refractivity contribution in [2.75, 3.05) is 13.2 Å². The van der Waals surface area contributed by atoms with Gasteiger partial charge in [-0.15, -0.1) is 0 Å². The van der Waals surface area contributed by atoms with Gasteiger partial charge >= 0.3 is 36.0 Å². The summed E-state index contributed by atoms with van der Waals surface area (Å²) in [5.41, 5.74) is 0. The third-order valence-corrected chi connectivity index (χ3v) is 2.76. The smallest absolute Gasteiger partial charge is 0.371 e. The highest BCUT2D eigenvalue weighted by molar-refractivity contribution is 5.08. The minimum atomic E-state index is -7.91. The highest BCUT2D eigenvalue weighted by atomic mass is 19.4. The molecule has 1 fully saturated rings. The second-order valence-electron chi connectivity index (χ2n) is 4.58. The first-order valence-electron chi connectivity index (χ1n) is 5.54. The summed E-state index contributed by atoms with van der Waals surface area (Å²) in [5, 5.41) is 0. The first kappa shape index (κ1) is 21.1. The quantitative estimate of drug-likeness (QED) is 0.481. The number of halogens is 13. The van der Waals surface area contributed by atoms with E-state index in [-0.39, 0.29) is 6.61 Å². The van der Waals surface area contributed by atoms with Crippen molar-refractivity contribution in [3.8, 4) is 0 Å². The Morgan fingerprint density at radius 1 is 0.667 bits per heavy atom. The molecule has 1 heterocycles. The summed E-state index contributed by atoms with van der Waals surface area (Å²) in [6, 6.07) is 0. The van der Waals surface area contributed by atoms with Gasteiger partial charge in [0.25, 0.3) is 0 Å². The van der Waals surface area contributed by atoms with Gasteiger partial charge in [0.15, 0.2) is 0 Å². The summed E-state index contributed by atoms with van der Waals surface area (Å²) >= 11 is 0. The summed E-state index contributed by atoms with van der Waals surface area (Å²) in [5.74, 6) is -30.9. The van der Waals surface area contributed by atoms with Gasteiger partial charge in [-0.3, -0.25) is 0 Å². The van der Waals surface area contributed by atoms with Gasteiger partial charge in [0.05, 0.1) is 13.2 Å². The zero-order chi connectivity index (χ0) is 19.4. The molecule has 0 radical (unpaired) electrons. The molecule has 0 aromatic rings. The van der Waals surface area contributed by atoms with Gasteiger partial charge in [0.2, 0.25) is 0 Å². The molecule has 2 nitrogen and oxygen atoms in total. The van der Waals surface area contributed by atoms with Crippen molar-refractivity contribution in [2.45, 2.75) is 42.1 Å². The summed E-state index contributed by atoms with van der Waals surface area (Å²) in [4.78, 5) is 0. The molecule has 1 unspecified atom stereocenters. The molecule has 0 N–H and O–H groups in total. The summed E-state index contributed by atoms with van der Waals surface area (Å²) in [6.07, 6.45) is -15.2. The molecular formula is C9H5F13O2. The lowest BCUT2D eigenvalue weighted by Gasteiger charge is -2.39. The minimum absolute atomic E-state index is 0.333. The molecule has 0 aliphatic carbocycles. The fourth-order valence-electron chi connectivity index (χ4n) is 1.21. The van der Waals surface area contributed by atoms with E-state index in [1.807, 2.05) is 0 Å². The molecule has 1 aliphatic rings. The predicted molar refractivity (Wildman–Crippen MR) is 46.5 cm³/mol. The Balaban J connectivity index is 3.22. The van der Waals surface area contributed by atoms with Gasteiger partial charge in [-0.25, -0.2) is 0 Å². The molecule has 0 bridgehead atoms. The van der Waals surface area contributed by atoms with Gasteiger partial charge in [0, 0.05) is 0 Å². The van der Waals surface area contributed by atoms with Crippen LogP contribution in [0.15, 0.2) is 0 Å². The normalized spacial score (nSPS) is 21.1. The van der Waals surface area contributed by atoms with Crippen molar-refractivity contribution >= 4 is 0 Å². The number of hydrogen-bond donors (Lipinski definition) is 0. The molecule has 0 aromatic heterocycles. The lowest BCUT2D eigenvalue weighted by atomic mass is 9.97. The third-order valence-electron chi connectivity index (χ3n) is 2.76. The molecule has 0 spiro atoms. The van der Waals surface area contributed by atoms with Crippen molar-refractivity contribution in [3.05, 3.63) is 0 Å². The molecule has 1 saturated heterocycles. The average molecular weight is 392 g/mol. The van der Waals surface area contributed by atoms with E-state index in [0.29, 0.717) is 0 Å². The van der Waals surface area contributed by atoms with E-state index in [2.05, 4.69) is 9.47 Å². The van der Waals surface area contributed by atoms with Crippen LogP contribution in [0.2, 0.25) is 0 Å². The average Bonchev–Trinajstić information content (AvgIpc) is 3.18. The van der Waals surface area contributed by atoms with Gasteiger partial charge in [-0.1, -0.05) is 0 Å². The third kappa shape index (κ3) is 2.99. The lowest BCUT2D eigenvalue weighted by molar-refractivity contribution is -0.466. The van der Waals surface area contributed by atoms with E-state index in [1.54, 1.807) is 0 Å². The predicted octanol–water partition coefficient (Wildman–Crippen LogP) is 4.10. The molecule has 0 saturated carbocycles. The van der Waals surface area contributed by atoms with Crippen LogP contribution in [-0.4, -0.2) is 55.3 Å². The van der Waals surface area contributed by atoms with Gasteiger partial charge < -0.3 is 9.47 Å². The van der Waals surface area contributed by atoms with Crippen molar-refractivity contribution in [1.29, 1.82) is 0 Å². The van der Waals surface area contributed by atoms with Crippen LogP contribution < -0.4 is 0 Å². The van der Waals surface area contributed by atoms with Gasteiger partial charge in [-0.2, -0.15) is 57.1 Å². The monoisotopic (exact) mass is 392 g/mol. The molecule has 1 atom stereocenters. The van der Waals surface area contributed by atoms with Crippen molar-refractivity contribution in [2.24, 2.45) is 0 Å². The highest BCUT2D eigenvalue weighted by Gasteiger charge is 2.91. The van der Waals surface area contributed by atoms with E-state index in [4.69, 9.17) is 0 Å². The molecule has 15 heteroatoms. The molecule has 0 amide bonds. The number of ether oxygens (including phenoxy) is 2. The van der Waals surface area contributed by atoms with Crippen LogP contribution in [0.4, 0.5) is 57.1 Å². The van der Waals surface area contributed by atoms with Crippen LogP contribution in [0.25, 0.3) is 0 Å². The summed E-state index contributed by atoms with van der Waals surface area (Å²) in [7, 11) is 0. The van der Waals surface area contributed by atoms with Gasteiger partial charge in [0.1, 0.15) is 6.10 Å². The second kappa shape index (κ2) is 5.51. The largest absolute Gasteiger partial charge is 0.460 e. The summed E-state index contributed by atoms with van der Waals surface area (Å²) < 4.78 is 171. The molecule has 24 heavy (non-hydrogen) atoms. The van der Waals surface area contributed by atoms with E-state index in [0.717, 1.165) is 0 Å². The number of hydrogen-bond acceptors (Lipinski definition) is 2. The number of alkyl halides is 13. The Labute approximate surface area is 123 Å². The maximum absolute atomic E-state index is 13.0. The molecule has 144 valence electrons. The number of rotatable bonds is 7. The van der Waals surface area contributed by atoms with Crippen LogP contribution in [0.3, 0.4) is 0 Å². The Bertz CT molecular complexity index is 465. The highest BCUT2D eigenvalue weighted by Crippen LogP contribution is 2.60. The first-order chi connectivity index (χ1) is 10.3. The van der Waals surface area contributed by atoms with Crippen molar-refractivity contribution < 1.29 is 66.5 Å². The fourth-order valence-corrected chi connectivity index (χ4v) is 1.21. The van der Waals surface area contributed by atoms with Crippen LogP contribution in [0.1, 0.15) is 0 Å². The van der Waals surface area contributed by atoms with Crippen molar-refractivity contribution in [1.82, 2.24) is 0 Å². The fraction of sp³-hybridized carbons (Fsp3) is 1.00. The van der Waals surface area contributed by atoms with Crippen LogP contribution >= 0.6 is 0 Å². The lowest BCUT2D eigenvalue weighted by Crippen LogP contribution is -2.70. The molecule has 1 rings (SSSR count). The zero-order valence-electron chi connectivity index (χ0n) is 10.7. The number of epoxide rings is 1. The van der Waals surface area contributed by atoms with E-state index in [9.17, 15) is 57.1 Å². The Morgan fingerprint density at radius 2 is 1.04 bits per heavy atom. The maximum atomic E-state index is 13.0. The Hall–Kier alpha value is -0.990. The summed E-state index contributed by atoms with van der Waals surface area (Å²) in [6.45, 7) is -1.85. The Kier molecular flexibility index (Phi) is 4.83. The standard InChI is InChI=1S/C9H5F13O2/c10-4(11,6(14,15)8(18,19)20)5(12,13)7(16,17)9(21,22)24-2-3-1-23-3/h3H,1-2H2. The second-order valence-corrected chi connectivity index (χ2v) is 4.58. The van der Waals surface area contributed by atoms with E-state index < -0.39 is 48.7 Å². The minimum Gasteiger partial charge on any atom is -0.371 e. The Morgan fingerprint density at radius 3 is 1.38 bits per heavy atom. The SMILES string of the molecule is FC(F)(F)C(F)(F)C(F)(F)C(F)(F)C(F)(F)C(F)(F)OCC1CO1. The maximum Gasteiger partial charge on any atom is 0.460 e. The van der Waals surface area contributed by atoms with Crippen molar-refractivity contribution in [3.63, 3.8) is 0 Å². The molecular weight excluding hydrogens is 387 g/mol. The zero-order valence-corrected chi connectivity index (χ0v) is 10.7. The molecule has 1 aliphatic heterocycles. The topological polar surface area (TPSA) is 21.8 Å². The van der Waals surface area contributed by atoms with Crippen LogP contribution in [-0.2, 0) is 9.47 Å². The van der Waals surface area contributed by atoms with E-state index in [1.165, 1.54) is 0 Å².